The van der Waals surface area contributed by atoms with E-state index >= 15 is 0 Å². The van der Waals surface area contributed by atoms with Gasteiger partial charge in [-0.2, -0.15) is 0 Å². The van der Waals surface area contributed by atoms with Crippen molar-refractivity contribution < 1.29 is 33.3 Å². The van der Waals surface area contributed by atoms with E-state index in [0.717, 1.165) is 5.56 Å². The maximum atomic E-state index is 12.4. The average Bonchev–Trinajstić information content (AvgIpc) is 2.77. The van der Waals surface area contributed by atoms with Crippen LogP contribution in [-0.4, -0.2) is 52.3 Å². The van der Waals surface area contributed by atoms with Crippen molar-refractivity contribution in [3.8, 4) is 17.2 Å². The molecule has 2 aromatic carbocycles. The molecule has 0 unspecified atom stereocenters. The van der Waals surface area contributed by atoms with Gasteiger partial charge >= 0.3 is 5.97 Å². The minimum absolute atomic E-state index is 0.191. The van der Waals surface area contributed by atoms with Crippen LogP contribution in [0, 0.1) is 6.92 Å². The van der Waals surface area contributed by atoms with E-state index in [2.05, 4.69) is 10.6 Å². The molecule has 2 N–H and O–H groups in total. The minimum Gasteiger partial charge on any atom is -0.493 e. The first kappa shape index (κ1) is 23.8. The number of nitrogens with one attached hydrogen (secondary N) is 2. The second kappa shape index (κ2) is 11.1. The SMILES string of the molecule is COc1cc(C(=O)NCC(=O)OCC(=O)Nc2ccc(C)c(Cl)c2)cc(OC)c1OC. The number of methoxy groups -OCH3 is 3. The smallest absolute Gasteiger partial charge is 0.325 e. The Labute approximate surface area is 184 Å². The van der Waals surface area contributed by atoms with E-state index in [1.165, 1.54) is 33.5 Å². The second-order valence-corrected chi connectivity index (χ2v) is 6.68. The highest BCUT2D eigenvalue weighted by Gasteiger charge is 2.18. The normalized spacial score (nSPS) is 10.1. The summed E-state index contributed by atoms with van der Waals surface area (Å²) in [4.78, 5) is 36.2. The summed E-state index contributed by atoms with van der Waals surface area (Å²) in [6, 6.07) is 7.92. The van der Waals surface area contributed by atoms with Crippen LogP contribution in [0.25, 0.3) is 0 Å². The molecule has 2 rings (SSSR count). The van der Waals surface area contributed by atoms with Gasteiger partial charge in [0.2, 0.25) is 5.75 Å². The van der Waals surface area contributed by atoms with Gasteiger partial charge in [0, 0.05) is 16.3 Å². The van der Waals surface area contributed by atoms with Crippen LogP contribution in [0.15, 0.2) is 30.3 Å². The fourth-order valence-corrected chi connectivity index (χ4v) is 2.71. The number of aryl methyl sites for hydroxylation is 1. The molecule has 0 aliphatic rings. The first-order chi connectivity index (χ1) is 14.8. The summed E-state index contributed by atoms with van der Waals surface area (Å²) in [5, 5.41) is 5.48. The standard InChI is InChI=1S/C21H23ClN2O7/c1-12-5-6-14(9-15(12)22)24-18(25)11-31-19(26)10-23-21(27)13-7-16(28-2)20(30-4)17(8-13)29-3/h5-9H,10-11H2,1-4H3,(H,23,27)(H,24,25). The van der Waals surface area contributed by atoms with Crippen molar-refractivity contribution in [1.29, 1.82) is 0 Å². The van der Waals surface area contributed by atoms with E-state index in [4.69, 9.17) is 30.5 Å². The molecule has 0 aliphatic heterocycles. The van der Waals surface area contributed by atoms with Crippen LogP contribution in [0.5, 0.6) is 17.2 Å². The topological polar surface area (TPSA) is 112 Å². The number of hydrogen-bond donors (Lipinski definition) is 2. The molecule has 0 radical (unpaired) electrons. The van der Waals surface area contributed by atoms with Gasteiger partial charge in [0.15, 0.2) is 18.1 Å². The Kier molecular flexibility index (Phi) is 8.51. The molecule has 0 heterocycles. The van der Waals surface area contributed by atoms with Gasteiger partial charge in [-0.05, 0) is 36.8 Å². The van der Waals surface area contributed by atoms with Crippen LogP contribution in [0.1, 0.15) is 15.9 Å². The number of amides is 2. The maximum Gasteiger partial charge on any atom is 0.325 e. The maximum absolute atomic E-state index is 12.4. The van der Waals surface area contributed by atoms with Crippen molar-refractivity contribution in [2.45, 2.75) is 6.92 Å². The molecular formula is C21H23ClN2O7. The zero-order valence-electron chi connectivity index (χ0n) is 17.5. The number of anilines is 1. The van der Waals surface area contributed by atoms with E-state index in [0.29, 0.717) is 28.0 Å². The van der Waals surface area contributed by atoms with Gasteiger partial charge in [-0.3, -0.25) is 14.4 Å². The molecule has 0 saturated carbocycles. The summed E-state index contributed by atoms with van der Waals surface area (Å²) in [7, 11) is 4.29. The van der Waals surface area contributed by atoms with E-state index in [9.17, 15) is 14.4 Å². The first-order valence-corrected chi connectivity index (χ1v) is 9.46. The van der Waals surface area contributed by atoms with Gasteiger partial charge < -0.3 is 29.6 Å². The Balaban J connectivity index is 1.87. The van der Waals surface area contributed by atoms with Crippen molar-refractivity contribution in [3.05, 3.63) is 46.5 Å². The molecule has 0 bridgehead atoms. The predicted octanol–water partition coefficient (Wildman–Crippen LogP) is 2.59. The number of carbonyl (C=O) groups excluding carboxylic acids is 3. The average molecular weight is 451 g/mol. The molecule has 9 nitrogen and oxygen atoms in total. The molecule has 2 aromatic rings. The number of esters is 1. The second-order valence-electron chi connectivity index (χ2n) is 6.27. The van der Waals surface area contributed by atoms with Gasteiger partial charge in [-0.1, -0.05) is 17.7 Å². The van der Waals surface area contributed by atoms with Gasteiger partial charge in [0.25, 0.3) is 11.8 Å². The molecule has 0 saturated heterocycles. The van der Waals surface area contributed by atoms with Gasteiger partial charge in [0.1, 0.15) is 6.54 Å². The quantitative estimate of drug-likeness (QED) is 0.564. The van der Waals surface area contributed by atoms with Crippen LogP contribution < -0.4 is 24.8 Å². The zero-order valence-corrected chi connectivity index (χ0v) is 18.3. The third kappa shape index (κ3) is 6.51. The summed E-state index contributed by atoms with van der Waals surface area (Å²) in [5.74, 6) is -0.955. The lowest BCUT2D eigenvalue weighted by atomic mass is 10.1. The summed E-state index contributed by atoms with van der Waals surface area (Å²) >= 11 is 6.00. The zero-order chi connectivity index (χ0) is 23.0. The van der Waals surface area contributed by atoms with Crippen molar-refractivity contribution in [3.63, 3.8) is 0 Å². The Morgan fingerprint density at radius 1 is 0.968 bits per heavy atom. The van der Waals surface area contributed by atoms with Crippen LogP contribution in [0.3, 0.4) is 0 Å². The summed E-state index contributed by atoms with van der Waals surface area (Å²) < 4.78 is 20.5. The van der Waals surface area contributed by atoms with Crippen molar-refractivity contribution in [2.75, 3.05) is 39.8 Å². The number of benzene rings is 2. The van der Waals surface area contributed by atoms with Crippen molar-refractivity contribution in [2.24, 2.45) is 0 Å². The van der Waals surface area contributed by atoms with Crippen molar-refractivity contribution >= 4 is 35.1 Å². The fourth-order valence-electron chi connectivity index (χ4n) is 2.53. The molecule has 0 aromatic heterocycles. The molecule has 0 spiro atoms. The molecule has 2 amide bonds. The summed E-state index contributed by atoms with van der Waals surface area (Å²) in [5.41, 5.74) is 1.54. The summed E-state index contributed by atoms with van der Waals surface area (Å²) in [6.07, 6.45) is 0. The minimum atomic E-state index is -0.780. The monoisotopic (exact) mass is 450 g/mol. The van der Waals surface area contributed by atoms with Crippen molar-refractivity contribution in [1.82, 2.24) is 5.32 Å². The molecule has 31 heavy (non-hydrogen) atoms. The molecular weight excluding hydrogens is 428 g/mol. The Bertz CT molecular complexity index is 953. The lowest BCUT2D eigenvalue weighted by Crippen LogP contribution is -2.32. The first-order valence-electron chi connectivity index (χ1n) is 9.08. The van der Waals surface area contributed by atoms with Crippen LogP contribution in [0.2, 0.25) is 5.02 Å². The van der Waals surface area contributed by atoms with Gasteiger partial charge in [-0.25, -0.2) is 0 Å². The van der Waals surface area contributed by atoms with E-state index in [-0.39, 0.29) is 5.56 Å². The molecule has 0 fully saturated rings. The number of halogens is 1. The Morgan fingerprint density at radius 3 is 2.16 bits per heavy atom. The number of hydrogen-bond acceptors (Lipinski definition) is 7. The lowest BCUT2D eigenvalue weighted by Gasteiger charge is -2.14. The van der Waals surface area contributed by atoms with E-state index in [1.54, 1.807) is 18.2 Å². The number of rotatable bonds is 9. The number of carbonyl (C=O) groups is 3. The third-order valence-corrected chi connectivity index (χ3v) is 4.55. The van der Waals surface area contributed by atoms with Crippen LogP contribution in [-0.2, 0) is 14.3 Å². The van der Waals surface area contributed by atoms with E-state index in [1.807, 2.05) is 6.92 Å². The molecule has 0 atom stereocenters. The molecule has 0 aliphatic carbocycles. The lowest BCUT2D eigenvalue weighted by molar-refractivity contribution is -0.146. The summed E-state index contributed by atoms with van der Waals surface area (Å²) in [6.45, 7) is 0.894. The van der Waals surface area contributed by atoms with Crippen LogP contribution >= 0.6 is 11.6 Å². The third-order valence-electron chi connectivity index (χ3n) is 4.14. The van der Waals surface area contributed by atoms with E-state index < -0.39 is 30.9 Å². The molecule has 166 valence electrons. The van der Waals surface area contributed by atoms with Gasteiger partial charge in [-0.15, -0.1) is 0 Å². The predicted molar refractivity (Wildman–Crippen MR) is 114 cm³/mol. The molecule has 10 heteroatoms. The highest BCUT2D eigenvalue weighted by atomic mass is 35.5. The van der Waals surface area contributed by atoms with Gasteiger partial charge in [0.05, 0.1) is 21.3 Å². The highest BCUT2D eigenvalue weighted by molar-refractivity contribution is 6.31. The van der Waals surface area contributed by atoms with Crippen LogP contribution in [0.4, 0.5) is 5.69 Å². The number of ether oxygens (including phenoxy) is 4. The highest BCUT2D eigenvalue weighted by Crippen LogP contribution is 2.38. The fraction of sp³-hybridized carbons (Fsp3) is 0.286. The largest absolute Gasteiger partial charge is 0.493 e. The Hall–Kier alpha value is -3.46. The Morgan fingerprint density at radius 2 is 1.61 bits per heavy atom.